The third kappa shape index (κ3) is 3.25. The zero-order valence-electron chi connectivity index (χ0n) is 11.5. The minimum absolute atomic E-state index is 0.0955. The summed E-state index contributed by atoms with van der Waals surface area (Å²) < 4.78 is 0. The molecule has 4 amide bonds. The number of hydrogen-bond acceptors (Lipinski definition) is 4. The monoisotopic (exact) mass is 281 g/mol. The Morgan fingerprint density at radius 1 is 1.20 bits per heavy atom. The van der Waals surface area contributed by atoms with Gasteiger partial charge in [0, 0.05) is 45.6 Å². The van der Waals surface area contributed by atoms with Gasteiger partial charge in [-0.2, -0.15) is 5.10 Å². The molecular formula is C12H19N5O3. The molecule has 1 saturated heterocycles. The molecule has 0 radical (unpaired) electrons. The van der Waals surface area contributed by atoms with Gasteiger partial charge in [-0.25, -0.2) is 10.2 Å². The van der Waals surface area contributed by atoms with Crippen molar-refractivity contribution < 1.29 is 14.4 Å². The fourth-order valence-electron chi connectivity index (χ4n) is 2.19. The summed E-state index contributed by atoms with van der Waals surface area (Å²) in [5.74, 6) is -0.317. The number of urea groups is 1. The van der Waals surface area contributed by atoms with Crippen molar-refractivity contribution in [3.05, 3.63) is 0 Å². The molecule has 0 aromatic carbocycles. The van der Waals surface area contributed by atoms with Crippen molar-refractivity contribution in [3.63, 3.8) is 0 Å². The van der Waals surface area contributed by atoms with Crippen LogP contribution in [-0.4, -0.2) is 66.1 Å². The van der Waals surface area contributed by atoms with Crippen LogP contribution in [0.1, 0.15) is 19.8 Å². The SMILES string of the molecule is CCNC(=O)N1CCN(C(=O)C2=NNC(=O)CC2)CC1. The molecule has 0 aliphatic carbocycles. The molecule has 0 aromatic rings. The molecule has 0 aromatic heterocycles. The maximum absolute atomic E-state index is 12.2. The van der Waals surface area contributed by atoms with Gasteiger partial charge in [-0.1, -0.05) is 0 Å². The highest BCUT2D eigenvalue weighted by molar-refractivity contribution is 6.39. The number of nitrogens with zero attached hydrogens (tertiary/aromatic N) is 3. The van der Waals surface area contributed by atoms with E-state index in [2.05, 4.69) is 15.8 Å². The number of nitrogens with one attached hydrogen (secondary N) is 2. The molecule has 2 N–H and O–H groups in total. The van der Waals surface area contributed by atoms with E-state index in [1.54, 1.807) is 9.80 Å². The van der Waals surface area contributed by atoms with Crippen molar-refractivity contribution >= 4 is 23.6 Å². The first kappa shape index (κ1) is 14.3. The van der Waals surface area contributed by atoms with E-state index >= 15 is 0 Å². The lowest BCUT2D eigenvalue weighted by atomic mass is 10.1. The molecule has 2 rings (SSSR count). The lowest BCUT2D eigenvalue weighted by molar-refractivity contribution is -0.125. The van der Waals surface area contributed by atoms with Crippen LogP contribution >= 0.6 is 0 Å². The molecule has 110 valence electrons. The Balaban J connectivity index is 1.86. The van der Waals surface area contributed by atoms with Crippen LogP contribution in [0, 0.1) is 0 Å². The van der Waals surface area contributed by atoms with Crippen molar-refractivity contribution in [2.75, 3.05) is 32.7 Å². The number of hydrogen-bond donors (Lipinski definition) is 2. The average molecular weight is 281 g/mol. The summed E-state index contributed by atoms with van der Waals surface area (Å²) in [6, 6.07) is -0.0955. The molecule has 0 unspecified atom stereocenters. The van der Waals surface area contributed by atoms with Gasteiger partial charge in [0.25, 0.3) is 5.91 Å². The largest absolute Gasteiger partial charge is 0.338 e. The summed E-state index contributed by atoms with van der Waals surface area (Å²) in [4.78, 5) is 38.2. The number of amides is 4. The Bertz CT molecular complexity index is 440. The van der Waals surface area contributed by atoms with Crippen LogP contribution in [0.5, 0.6) is 0 Å². The molecule has 0 spiro atoms. The molecule has 2 aliphatic rings. The number of carbonyl (C=O) groups excluding carboxylic acids is 3. The minimum Gasteiger partial charge on any atom is -0.338 e. The van der Waals surface area contributed by atoms with Gasteiger partial charge >= 0.3 is 6.03 Å². The van der Waals surface area contributed by atoms with Gasteiger partial charge in [0.1, 0.15) is 5.71 Å². The summed E-state index contributed by atoms with van der Waals surface area (Å²) in [7, 11) is 0. The van der Waals surface area contributed by atoms with Crippen LogP contribution in [0.4, 0.5) is 4.79 Å². The Kier molecular flexibility index (Phi) is 4.54. The molecule has 2 aliphatic heterocycles. The molecule has 2 heterocycles. The van der Waals surface area contributed by atoms with Crippen molar-refractivity contribution in [2.45, 2.75) is 19.8 Å². The van der Waals surface area contributed by atoms with Crippen LogP contribution in [-0.2, 0) is 9.59 Å². The zero-order chi connectivity index (χ0) is 14.5. The summed E-state index contributed by atoms with van der Waals surface area (Å²) >= 11 is 0. The normalized spacial score (nSPS) is 19.2. The van der Waals surface area contributed by atoms with Crippen LogP contribution in [0.15, 0.2) is 5.10 Å². The van der Waals surface area contributed by atoms with Gasteiger partial charge in [0.2, 0.25) is 5.91 Å². The quantitative estimate of drug-likeness (QED) is 0.688. The van der Waals surface area contributed by atoms with E-state index in [9.17, 15) is 14.4 Å². The second-order valence-corrected chi connectivity index (χ2v) is 4.71. The molecule has 1 fully saturated rings. The first-order valence-electron chi connectivity index (χ1n) is 6.79. The van der Waals surface area contributed by atoms with E-state index in [0.29, 0.717) is 51.3 Å². The van der Waals surface area contributed by atoms with E-state index in [1.165, 1.54) is 0 Å². The van der Waals surface area contributed by atoms with Crippen LogP contribution in [0.2, 0.25) is 0 Å². The maximum atomic E-state index is 12.2. The van der Waals surface area contributed by atoms with E-state index in [-0.39, 0.29) is 17.8 Å². The van der Waals surface area contributed by atoms with Gasteiger partial charge in [-0.05, 0) is 6.92 Å². The Morgan fingerprint density at radius 2 is 1.85 bits per heavy atom. The highest BCUT2D eigenvalue weighted by Gasteiger charge is 2.28. The van der Waals surface area contributed by atoms with E-state index in [1.807, 2.05) is 6.92 Å². The fourth-order valence-corrected chi connectivity index (χ4v) is 2.19. The minimum atomic E-state index is -0.164. The number of hydrazone groups is 1. The lowest BCUT2D eigenvalue weighted by Crippen LogP contribution is -2.54. The summed E-state index contributed by atoms with van der Waals surface area (Å²) in [6.45, 7) is 4.46. The molecule has 20 heavy (non-hydrogen) atoms. The third-order valence-corrected chi connectivity index (χ3v) is 3.33. The first-order valence-corrected chi connectivity index (χ1v) is 6.79. The van der Waals surface area contributed by atoms with Gasteiger partial charge < -0.3 is 15.1 Å². The predicted octanol–water partition coefficient (Wildman–Crippen LogP) is -0.874. The molecule has 0 bridgehead atoms. The van der Waals surface area contributed by atoms with Crippen LogP contribution in [0.25, 0.3) is 0 Å². The van der Waals surface area contributed by atoms with E-state index < -0.39 is 0 Å². The summed E-state index contributed by atoms with van der Waals surface area (Å²) in [5.41, 5.74) is 2.71. The summed E-state index contributed by atoms with van der Waals surface area (Å²) in [5, 5.41) is 6.54. The van der Waals surface area contributed by atoms with Gasteiger partial charge in [-0.15, -0.1) is 0 Å². The topological polar surface area (TPSA) is 94.1 Å². The van der Waals surface area contributed by atoms with E-state index in [4.69, 9.17) is 0 Å². The predicted molar refractivity (Wildman–Crippen MR) is 72.0 cm³/mol. The highest BCUT2D eigenvalue weighted by Crippen LogP contribution is 2.07. The smallest absolute Gasteiger partial charge is 0.317 e. The van der Waals surface area contributed by atoms with E-state index in [0.717, 1.165) is 0 Å². The van der Waals surface area contributed by atoms with Crippen LogP contribution < -0.4 is 10.7 Å². The van der Waals surface area contributed by atoms with Crippen molar-refractivity contribution in [1.82, 2.24) is 20.5 Å². The van der Waals surface area contributed by atoms with Crippen molar-refractivity contribution in [3.8, 4) is 0 Å². The number of carbonyl (C=O) groups is 3. The highest BCUT2D eigenvalue weighted by atomic mass is 16.2. The Hall–Kier alpha value is -2.12. The van der Waals surface area contributed by atoms with Crippen molar-refractivity contribution in [1.29, 1.82) is 0 Å². The second-order valence-electron chi connectivity index (χ2n) is 4.71. The van der Waals surface area contributed by atoms with Gasteiger partial charge in [0.05, 0.1) is 0 Å². The Morgan fingerprint density at radius 3 is 2.40 bits per heavy atom. The second kappa shape index (κ2) is 6.36. The Labute approximate surface area is 117 Å². The van der Waals surface area contributed by atoms with Gasteiger partial charge in [0.15, 0.2) is 0 Å². The van der Waals surface area contributed by atoms with Crippen molar-refractivity contribution in [2.24, 2.45) is 5.10 Å². The fraction of sp³-hybridized carbons (Fsp3) is 0.667. The third-order valence-electron chi connectivity index (χ3n) is 3.33. The molecule has 8 heteroatoms. The van der Waals surface area contributed by atoms with Crippen LogP contribution in [0.3, 0.4) is 0 Å². The maximum Gasteiger partial charge on any atom is 0.317 e. The first-order chi connectivity index (χ1) is 9.61. The molecule has 0 atom stereocenters. The zero-order valence-corrected chi connectivity index (χ0v) is 11.5. The van der Waals surface area contributed by atoms with Gasteiger partial charge in [-0.3, -0.25) is 9.59 Å². The molecule has 0 saturated carbocycles. The lowest BCUT2D eigenvalue weighted by Gasteiger charge is -2.35. The molecule has 8 nitrogen and oxygen atoms in total. The average Bonchev–Trinajstić information content (AvgIpc) is 2.48. The standard InChI is InChI=1S/C12H19N5O3/c1-2-13-12(20)17-7-5-16(6-8-17)11(19)9-3-4-10(18)15-14-9/h2-8H2,1H3,(H,13,20)(H,15,18). The number of rotatable bonds is 2. The molecular weight excluding hydrogens is 262 g/mol. The number of piperazine rings is 1. The summed E-state index contributed by atoms with van der Waals surface area (Å²) in [6.07, 6.45) is 0.671.